The fourth-order valence-corrected chi connectivity index (χ4v) is 2.38. The molecule has 3 heteroatoms. The number of carboxylic acids is 1. The van der Waals surface area contributed by atoms with Gasteiger partial charge >= 0.3 is 5.97 Å². The molecule has 0 aliphatic rings. The summed E-state index contributed by atoms with van der Waals surface area (Å²) in [5.74, 6) is -0.0532. The summed E-state index contributed by atoms with van der Waals surface area (Å²) < 4.78 is 0. The summed E-state index contributed by atoms with van der Waals surface area (Å²) in [4.78, 5) is 11.1. The SMILES string of the molecule is CC(C)CC(CNCCC(C)c1ccccc1)C(=O)O. The fraction of sp³-hybridized carbons (Fsp3) is 0.588. The molecule has 112 valence electrons. The second-order valence-electron chi connectivity index (χ2n) is 5.97. The maximum atomic E-state index is 11.1. The van der Waals surface area contributed by atoms with E-state index in [4.69, 9.17) is 5.11 Å². The molecule has 2 unspecified atom stereocenters. The first-order chi connectivity index (χ1) is 9.50. The highest BCUT2D eigenvalue weighted by atomic mass is 16.4. The van der Waals surface area contributed by atoms with E-state index >= 15 is 0 Å². The maximum Gasteiger partial charge on any atom is 0.307 e. The highest BCUT2D eigenvalue weighted by molar-refractivity contribution is 5.70. The van der Waals surface area contributed by atoms with Crippen LogP contribution in [0.4, 0.5) is 0 Å². The molecule has 0 fully saturated rings. The zero-order chi connectivity index (χ0) is 15.0. The molecule has 20 heavy (non-hydrogen) atoms. The lowest BCUT2D eigenvalue weighted by molar-refractivity contribution is -0.142. The second kappa shape index (κ2) is 8.75. The smallest absolute Gasteiger partial charge is 0.307 e. The lowest BCUT2D eigenvalue weighted by Gasteiger charge is -2.17. The average Bonchev–Trinajstić information content (AvgIpc) is 2.42. The van der Waals surface area contributed by atoms with E-state index in [1.54, 1.807) is 0 Å². The number of nitrogens with one attached hydrogen (secondary N) is 1. The van der Waals surface area contributed by atoms with Gasteiger partial charge in [0.1, 0.15) is 0 Å². The minimum atomic E-state index is -0.692. The van der Waals surface area contributed by atoms with Gasteiger partial charge in [0, 0.05) is 6.54 Å². The Balaban J connectivity index is 2.28. The molecule has 0 saturated heterocycles. The van der Waals surface area contributed by atoms with Crippen LogP contribution in [0.2, 0.25) is 0 Å². The van der Waals surface area contributed by atoms with Crippen LogP contribution in [0, 0.1) is 11.8 Å². The summed E-state index contributed by atoms with van der Waals surface area (Å²) >= 11 is 0. The zero-order valence-electron chi connectivity index (χ0n) is 12.8. The average molecular weight is 277 g/mol. The van der Waals surface area contributed by atoms with Gasteiger partial charge in [0.25, 0.3) is 0 Å². The lowest BCUT2D eigenvalue weighted by atomic mass is 9.96. The lowest BCUT2D eigenvalue weighted by Crippen LogP contribution is -2.30. The highest BCUT2D eigenvalue weighted by Gasteiger charge is 2.18. The Morgan fingerprint density at radius 2 is 1.85 bits per heavy atom. The number of hydrogen-bond donors (Lipinski definition) is 2. The van der Waals surface area contributed by atoms with Crippen molar-refractivity contribution in [2.24, 2.45) is 11.8 Å². The van der Waals surface area contributed by atoms with Crippen LogP contribution in [0.5, 0.6) is 0 Å². The first kappa shape index (κ1) is 16.7. The Labute approximate surface area is 122 Å². The van der Waals surface area contributed by atoms with Crippen molar-refractivity contribution in [2.75, 3.05) is 13.1 Å². The van der Waals surface area contributed by atoms with E-state index in [1.807, 2.05) is 6.07 Å². The topological polar surface area (TPSA) is 49.3 Å². The minimum absolute atomic E-state index is 0.276. The molecule has 2 N–H and O–H groups in total. The first-order valence-corrected chi connectivity index (χ1v) is 7.49. The number of rotatable bonds is 9. The number of carbonyl (C=O) groups is 1. The first-order valence-electron chi connectivity index (χ1n) is 7.49. The van der Waals surface area contributed by atoms with Gasteiger partial charge in [-0.2, -0.15) is 0 Å². The van der Waals surface area contributed by atoms with Gasteiger partial charge in [-0.25, -0.2) is 0 Å². The van der Waals surface area contributed by atoms with E-state index < -0.39 is 5.97 Å². The predicted octanol–water partition coefficient (Wildman–Crippen LogP) is 3.52. The van der Waals surface area contributed by atoms with Crippen molar-refractivity contribution in [2.45, 2.75) is 39.5 Å². The third-order valence-corrected chi connectivity index (χ3v) is 3.62. The molecule has 0 spiro atoms. The van der Waals surface area contributed by atoms with Crippen molar-refractivity contribution in [3.05, 3.63) is 35.9 Å². The zero-order valence-corrected chi connectivity index (χ0v) is 12.8. The molecular weight excluding hydrogens is 250 g/mol. The number of carboxylic acid groups (broad SMARTS) is 1. The Morgan fingerprint density at radius 3 is 2.40 bits per heavy atom. The van der Waals surface area contributed by atoms with Gasteiger partial charge in [0.2, 0.25) is 0 Å². The van der Waals surface area contributed by atoms with E-state index in [-0.39, 0.29) is 5.92 Å². The van der Waals surface area contributed by atoms with E-state index in [2.05, 4.69) is 50.4 Å². The second-order valence-corrected chi connectivity index (χ2v) is 5.97. The summed E-state index contributed by atoms with van der Waals surface area (Å²) in [6.45, 7) is 7.76. The van der Waals surface area contributed by atoms with E-state index in [9.17, 15) is 4.79 Å². The van der Waals surface area contributed by atoms with Gasteiger partial charge in [-0.3, -0.25) is 4.79 Å². The van der Waals surface area contributed by atoms with E-state index in [0.717, 1.165) is 19.4 Å². The Morgan fingerprint density at radius 1 is 1.20 bits per heavy atom. The molecule has 0 aliphatic heterocycles. The third kappa shape index (κ3) is 6.20. The van der Waals surface area contributed by atoms with Gasteiger partial charge in [-0.15, -0.1) is 0 Å². The fourth-order valence-electron chi connectivity index (χ4n) is 2.38. The van der Waals surface area contributed by atoms with Crippen LogP contribution in [-0.4, -0.2) is 24.2 Å². The van der Waals surface area contributed by atoms with Gasteiger partial charge in [0.15, 0.2) is 0 Å². The van der Waals surface area contributed by atoms with Gasteiger partial charge < -0.3 is 10.4 Å². The number of hydrogen-bond acceptors (Lipinski definition) is 2. The van der Waals surface area contributed by atoms with Crippen molar-refractivity contribution < 1.29 is 9.90 Å². The molecule has 1 aromatic rings. The molecule has 0 bridgehead atoms. The van der Waals surface area contributed by atoms with Gasteiger partial charge in [0.05, 0.1) is 5.92 Å². The Kier molecular flexibility index (Phi) is 7.31. The van der Waals surface area contributed by atoms with E-state index in [1.165, 1.54) is 5.56 Å². The standard InChI is InChI=1S/C17H27NO2/c1-13(2)11-16(17(19)20)12-18-10-9-14(3)15-7-5-4-6-8-15/h4-8,13-14,16,18H,9-12H2,1-3H3,(H,19,20). The number of aliphatic carboxylic acids is 1. The van der Waals surface area contributed by atoms with Crippen molar-refractivity contribution in [3.63, 3.8) is 0 Å². The number of benzene rings is 1. The molecule has 0 saturated carbocycles. The normalized spacial score (nSPS) is 14.2. The van der Waals surface area contributed by atoms with Crippen LogP contribution < -0.4 is 5.32 Å². The molecule has 2 atom stereocenters. The van der Waals surface area contributed by atoms with Crippen LogP contribution in [-0.2, 0) is 4.79 Å². The molecule has 0 aliphatic carbocycles. The van der Waals surface area contributed by atoms with Gasteiger partial charge in [-0.05, 0) is 36.8 Å². The van der Waals surface area contributed by atoms with Crippen molar-refractivity contribution in [1.29, 1.82) is 0 Å². The quantitative estimate of drug-likeness (QED) is 0.679. The van der Waals surface area contributed by atoms with E-state index in [0.29, 0.717) is 18.4 Å². The van der Waals surface area contributed by atoms with Crippen LogP contribution >= 0.6 is 0 Å². The summed E-state index contributed by atoms with van der Waals surface area (Å²) in [5.41, 5.74) is 1.34. The molecule has 0 radical (unpaired) electrons. The summed E-state index contributed by atoms with van der Waals surface area (Å²) in [6, 6.07) is 10.4. The Bertz CT molecular complexity index is 389. The van der Waals surface area contributed by atoms with Crippen LogP contribution in [0.1, 0.15) is 45.1 Å². The largest absolute Gasteiger partial charge is 0.481 e. The third-order valence-electron chi connectivity index (χ3n) is 3.62. The summed E-state index contributed by atoms with van der Waals surface area (Å²) in [7, 11) is 0. The maximum absolute atomic E-state index is 11.1. The molecule has 1 aromatic carbocycles. The van der Waals surface area contributed by atoms with Crippen LogP contribution in [0.15, 0.2) is 30.3 Å². The minimum Gasteiger partial charge on any atom is -0.481 e. The highest BCUT2D eigenvalue weighted by Crippen LogP contribution is 2.17. The molecule has 0 heterocycles. The van der Waals surface area contributed by atoms with Crippen molar-refractivity contribution >= 4 is 5.97 Å². The molecule has 0 amide bonds. The molecule has 3 nitrogen and oxygen atoms in total. The monoisotopic (exact) mass is 277 g/mol. The predicted molar refractivity (Wildman–Crippen MR) is 82.9 cm³/mol. The molecule has 0 aromatic heterocycles. The van der Waals surface area contributed by atoms with Crippen molar-refractivity contribution in [1.82, 2.24) is 5.32 Å². The Hall–Kier alpha value is -1.35. The molecular formula is C17H27NO2. The van der Waals surface area contributed by atoms with Crippen LogP contribution in [0.25, 0.3) is 0 Å². The van der Waals surface area contributed by atoms with Crippen LogP contribution in [0.3, 0.4) is 0 Å². The molecule has 1 rings (SSSR count). The van der Waals surface area contributed by atoms with Crippen molar-refractivity contribution in [3.8, 4) is 0 Å². The van der Waals surface area contributed by atoms with Gasteiger partial charge in [-0.1, -0.05) is 51.1 Å². The summed E-state index contributed by atoms with van der Waals surface area (Å²) in [6.07, 6.45) is 1.76. The summed E-state index contributed by atoms with van der Waals surface area (Å²) in [5, 5.41) is 12.5.